The van der Waals surface area contributed by atoms with Crippen LogP contribution in [0.4, 0.5) is 0 Å². The minimum absolute atomic E-state index is 0.186. The number of rotatable bonds is 1. The van der Waals surface area contributed by atoms with Crippen molar-refractivity contribution in [2.24, 2.45) is 5.92 Å². The number of amides is 1. The average Bonchev–Trinajstić information content (AvgIpc) is 2.67. The summed E-state index contributed by atoms with van der Waals surface area (Å²) in [6, 6.07) is 4.72. The third kappa shape index (κ3) is 2.44. The van der Waals surface area contributed by atoms with Crippen LogP contribution >= 0.6 is 0 Å². The number of hydrogen-bond acceptors (Lipinski definition) is 2. The van der Waals surface area contributed by atoms with Crippen molar-refractivity contribution >= 4 is 16.8 Å². The van der Waals surface area contributed by atoms with Gasteiger partial charge in [-0.2, -0.15) is 0 Å². The fourth-order valence-corrected chi connectivity index (χ4v) is 4.71. The molecule has 1 aromatic carbocycles. The molecule has 5 rings (SSSR count). The van der Waals surface area contributed by atoms with Crippen molar-refractivity contribution in [3.8, 4) is 0 Å². The van der Waals surface area contributed by atoms with Gasteiger partial charge in [-0.1, -0.05) is 11.6 Å². The Morgan fingerprint density at radius 3 is 2.71 bits per heavy atom. The van der Waals surface area contributed by atoms with Gasteiger partial charge in [0.2, 0.25) is 0 Å². The molecule has 4 nitrogen and oxygen atoms in total. The molecule has 4 heteroatoms. The molecule has 0 aliphatic carbocycles. The number of nitrogens with zero attached hydrogens (tertiary/aromatic N) is 2. The molecule has 0 unspecified atom stereocenters. The third-order valence-electron chi connectivity index (χ3n) is 5.88. The summed E-state index contributed by atoms with van der Waals surface area (Å²) in [7, 11) is 2.18. The SMILES string of the molecule is Cc1cc(C)c2[nH]c(C(=O)N3C[C@@H]4CC[C@H]3CN(C)C4)c(C)c2c1. The smallest absolute Gasteiger partial charge is 0.270 e. The standard InChI is InChI=1S/C20H27N3O/c1-12-7-13(2)18-17(8-12)14(3)19(21-18)20(24)23-10-15-5-6-16(23)11-22(4)9-15/h7-8,15-16,21H,5-6,9-11H2,1-4H3/t15-,16+/m1/s1. The van der Waals surface area contributed by atoms with Crippen molar-refractivity contribution in [3.63, 3.8) is 0 Å². The summed E-state index contributed by atoms with van der Waals surface area (Å²) in [6.45, 7) is 9.32. The highest BCUT2D eigenvalue weighted by molar-refractivity contribution is 6.02. The lowest BCUT2D eigenvalue weighted by Crippen LogP contribution is -2.47. The van der Waals surface area contributed by atoms with Gasteiger partial charge in [-0.05, 0) is 63.8 Å². The Kier molecular flexibility index (Phi) is 3.68. The number of carbonyl (C=O) groups excluding carboxylic acids is 1. The van der Waals surface area contributed by atoms with Gasteiger partial charge >= 0.3 is 0 Å². The number of nitrogens with one attached hydrogen (secondary N) is 1. The molecule has 0 spiro atoms. The van der Waals surface area contributed by atoms with Crippen LogP contribution in [0.3, 0.4) is 0 Å². The maximum Gasteiger partial charge on any atom is 0.270 e. The van der Waals surface area contributed by atoms with E-state index < -0.39 is 0 Å². The molecular weight excluding hydrogens is 298 g/mol. The Labute approximate surface area is 143 Å². The van der Waals surface area contributed by atoms with E-state index in [0.717, 1.165) is 42.8 Å². The summed E-state index contributed by atoms with van der Waals surface area (Å²) in [5, 5.41) is 1.19. The number of likely N-dealkylation sites (N-methyl/N-ethyl adjacent to an activating group) is 1. The van der Waals surface area contributed by atoms with E-state index in [1.54, 1.807) is 0 Å². The molecule has 3 aliphatic heterocycles. The predicted molar refractivity (Wildman–Crippen MR) is 97.6 cm³/mol. The van der Waals surface area contributed by atoms with Crippen molar-refractivity contribution in [2.75, 3.05) is 26.7 Å². The zero-order chi connectivity index (χ0) is 17.0. The molecule has 1 amide bonds. The number of benzene rings is 1. The lowest BCUT2D eigenvalue weighted by atomic mass is 9.94. The number of aryl methyl sites for hydroxylation is 3. The second-order valence-electron chi connectivity index (χ2n) is 7.91. The lowest BCUT2D eigenvalue weighted by molar-refractivity contribution is 0.0581. The summed E-state index contributed by atoms with van der Waals surface area (Å²) >= 11 is 0. The third-order valence-corrected chi connectivity index (χ3v) is 5.88. The van der Waals surface area contributed by atoms with Gasteiger partial charge in [0.05, 0.1) is 0 Å². The molecule has 24 heavy (non-hydrogen) atoms. The van der Waals surface area contributed by atoms with Gasteiger partial charge in [-0.25, -0.2) is 0 Å². The van der Waals surface area contributed by atoms with Crippen LogP contribution in [-0.2, 0) is 0 Å². The maximum atomic E-state index is 13.3. The minimum atomic E-state index is 0.186. The summed E-state index contributed by atoms with van der Waals surface area (Å²) in [5.41, 5.74) is 5.45. The second-order valence-corrected chi connectivity index (χ2v) is 7.91. The number of carbonyl (C=O) groups is 1. The lowest BCUT2D eigenvalue weighted by Gasteiger charge is -2.36. The van der Waals surface area contributed by atoms with Gasteiger partial charge < -0.3 is 14.8 Å². The molecule has 2 bridgehead atoms. The van der Waals surface area contributed by atoms with Crippen LogP contribution in [0.5, 0.6) is 0 Å². The first-order valence-electron chi connectivity index (χ1n) is 9.03. The van der Waals surface area contributed by atoms with E-state index in [1.165, 1.54) is 22.9 Å². The first-order chi connectivity index (χ1) is 11.4. The molecule has 2 atom stereocenters. The first kappa shape index (κ1) is 15.7. The minimum Gasteiger partial charge on any atom is -0.350 e. The van der Waals surface area contributed by atoms with E-state index in [4.69, 9.17) is 0 Å². The van der Waals surface area contributed by atoms with Gasteiger partial charge in [0.1, 0.15) is 5.69 Å². The normalized spacial score (nSPS) is 24.6. The number of aromatic amines is 1. The maximum absolute atomic E-state index is 13.3. The summed E-state index contributed by atoms with van der Waals surface area (Å²) in [5.74, 6) is 0.803. The van der Waals surface area contributed by atoms with Gasteiger partial charge in [0.15, 0.2) is 0 Å². The summed E-state index contributed by atoms with van der Waals surface area (Å²) in [4.78, 5) is 21.3. The number of fused-ring (bicyclic) bond motifs is 5. The average molecular weight is 325 g/mol. The van der Waals surface area contributed by atoms with E-state index in [-0.39, 0.29) is 5.91 Å². The Morgan fingerprint density at radius 1 is 1.12 bits per heavy atom. The fourth-order valence-electron chi connectivity index (χ4n) is 4.71. The van der Waals surface area contributed by atoms with E-state index in [2.05, 4.69) is 54.7 Å². The van der Waals surface area contributed by atoms with E-state index >= 15 is 0 Å². The Bertz CT molecular complexity index is 807. The van der Waals surface area contributed by atoms with Crippen molar-refractivity contribution in [2.45, 2.75) is 39.7 Å². The first-order valence-corrected chi connectivity index (χ1v) is 9.03. The van der Waals surface area contributed by atoms with Crippen LogP contribution in [0.1, 0.15) is 40.0 Å². The summed E-state index contributed by atoms with van der Waals surface area (Å²) < 4.78 is 0. The topological polar surface area (TPSA) is 39.3 Å². The molecular formula is C20H27N3O. The number of hydrogen-bond donors (Lipinski definition) is 1. The highest BCUT2D eigenvalue weighted by Crippen LogP contribution is 2.31. The molecule has 1 N–H and O–H groups in total. The molecule has 128 valence electrons. The number of aromatic nitrogens is 1. The molecule has 1 aromatic heterocycles. The highest BCUT2D eigenvalue weighted by atomic mass is 16.2. The largest absolute Gasteiger partial charge is 0.350 e. The van der Waals surface area contributed by atoms with Crippen molar-refractivity contribution in [1.82, 2.24) is 14.8 Å². The quantitative estimate of drug-likeness (QED) is 0.874. The van der Waals surface area contributed by atoms with Crippen molar-refractivity contribution in [1.29, 1.82) is 0 Å². The van der Waals surface area contributed by atoms with Crippen molar-refractivity contribution in [3.05, 3.63) is 34.5 Å². The van der Waals surface area contributed by atoms with Gasteiger partial charge in [0, 0.05) is 36.6 Å². The number of piperidine rings is 1. The van der Waals surface area contributed by atoms with Crippen molar-refractivity contribution < 1.29 is 4.79 Å². The number of H-pyrrole nitrogens is 1. The van der Waals surface area contributed by atoms with Gasteiger partial charge in [-0.3, -0.25) is 4.79 Å². The monoisotopic (exact) mass is 325 g/mol. The van der Waals surface area contributed by atoms with Gasteiger partial charge in [0.25, 0.3) is 5.91 Å². The second kappa shape index (κ2) is 5.62. The predicted octanol–water partition coefficient (Wildman–Crippen LogP) is 3.26. The van der Waals surface area contributed by atoms with Crippen LogP contribution in [0.25, 0.3) is 10.9 Å². The Balaban J connectivity index is 1.74. The molecule has 3 aliphatic rings. The van der Waals surface area contributed by atoms with E-state index in [9.17, 15) is 4.79 Å². The molecule has 3 saturated heterocycles. The van der Waals surface area contributed by atoms with Crippen LogP contribution in [0, 0.1) is 26.7 Å². The molecule has 2 aromatic rings. The zero-order valence-electron chi connectivity index (χ0n) is 15.1. The van der Waals surface area contributed by atoms with Gasteiger partial charge in [-0.15, -0.1) is 0 Å². The van der Waals surface area contributed by atoms with Crippen LogP contribution < -0.4 is 0 Å². The molecule has 4 heterocycles. The van der Waals surface area contributed by atoms with Crippen LogP contribution in [0.2, 0.25) is 0 Å². The highest BCUT2D eigenvalue weighted by Gasteiger charge is 2.37. The van der Waals surface area contributed by atoms with E-state index in [1.807, 2.05) is 0 Å². The van der Waals surface area contributed by atoms with E-state index in [0.29, 0.717) is 12.0 Å². The molecule has 0 radical (unpaired) electrons. The van der Waals surface area contributed by atoms with Crippen LogP contribution in [-0.4, -0.2) is 53.4 Å². The molecule has 0 saturated carbocycles. The fraction of sp³-hybridized carbons (Fsp3) is 0.550. The molecule has 3 fully saturated rings. The van der Waals surface area contributed by atoms with Crippen LogP contribution in [0.15, 0.2) is 12.1 Å². The Hall–Kier alpha value is -1.81. The zero-order valence-corrected chi connectivity index (χ0v) is 15.1. The Morgan fingerprint density at radius 2 is 1.92 bits per heavy atom. The summed E-state index contributed by atoms with van der Waals surface area (Å²) in [6.07, 6.45) is 2.39.